The van der Waals surface area contributed by atoms with E-state index in [2.05, 4.69) is 10.2 Å². The molecule has 0 aliphatic carbocycles. The zero-order valence-electron chi connectivity index (χ0n) is 7.49. The van der Waals surface area contributed by atoms with E-state index < -0.39 is 0 Å². The molecule has 1 aromatic carbocycles. The number of halogens is 1. The summed E-state index contributed by atoms with van der Waals surface area (Å²) in [6, 6.07) is 6.11. The van der Waals surface area contributed by atoms with E-state index in [0.717, 1.165) is 11.5 Å². The molecule has 5 heteroatoms. The summed E-state index contributed by atoms with van der Waals surface area (Å²) in [5.74, 6) is 0.489. The van der Waals surface area contributed by atoms with Gasteiger partial charge in [-0.25, -0.2) is 4.39 Å². The maximum absolute atomic E-state index is 12.7. The van der Waals surface area contributed by atoms with Gasteiger partial charge in [0.1, 0.15) is 11.6 Å². The Morgan fingerprint density at radius 3 is 2.50 bits per heavy atom. The maximum atomic E-state index is 12.7. The number of hydrogen-bond acceptors (Lipinski definition) is 2. The highest BCUT2D eigenvalue weighted by Crippen LogP contribution is 2.10. The fraction of sp³-hybridized carbons (Fsp3) is 0.111. The van der Waals surface area contributed by atoms with E-state index in [4.69, 9.17) is 12.2 Å². The monoisotopic (exact) mass is 209 g/mol. The quantitative estimate of drug-likeness (QED) is 0.731. The summed E-state index contributed by atoms with van der Waals surface area (Å²) in [6.45, 7) is 1.83. The highest BCUT2D eigenvalue weighted by Gasteiger charge is 2.02. The molecule has 0 amide bonds. The van der Waals surface area contributed by atoms with Crippen LogP contribution >= 0.6 is 12.2 Å². The van der Waals surface area contributed by atoms with Crippen molar-refractivity contribution in [3.05, 3.63) is 40.7 Å². The van der Waals surface area contributed by atoms with Gasteiger partial charge in [-0.05, 0) is 43.4 Å². The minimum absolute atomic E-state index is 0.263. The van der Waals surface area contributed by atoms with E-state index in [1.165, 1.54) is 12.1 Å². The Hall–Kier alpha value is -1.49. The molecule has 0 aliphatic heterocycles. The van der Waals surface area contributed by atoms with Gasteiger partial charge in [-0.1, -0.05) is 0 Å². The average molecular weight is 209 g/mol. The molecule has 2 aromatic rings. The number of nitrogens with one attached hydrogen (secondary N) is 1. The van der Waals surface area contributed by atoms with Crippen LogP contribution in [0.5, 0.6) is 0 Å². The number of aryl methyl sites for hydroxylation is 1. The first-order valence-corrected chi connectivity index (χ1v) is 4.49. The van der Waals surface area contributed by atoms with Crippen LogP contribution in [0.2, 0.25) is 0 Å². The Morgan fingerprint density at radius 2 is 2.00 bits per heavy atom. The van der Waals surface area contributed by atoms with E-state index in [-0.39, 0.29) is 5.82 Å². The molecule has 14 heavy (non-hydrogen) atoms. The Morgan fingerprint density at radius 1 is 1.36 bits per heavy atom. The largest absolute Gasteiger partial charge is 0.272 e. The van der Waals surface area contributed by atoms with Crippen molar-refractivity contribution >= 4 is 12.2 Å². The summed E-state index contributed by atoms with van der Waals surface area (Å²) in [6.07, 6.45) is 0. The smallest absolute Gasteiger partial charge is 0.199 e. The zero-order valence-corrected chi connectivity index (χ0v) is 8.31. The molecule has 1 N–H and O–H groups in total. The van der Waals surface area contributed by atoms with E-state index in [0.29, 0.717) is 4.77 Å². The van der Waals surface area contributed by atoms with Gasteiger partial charge in [0.25, 0.3) is 0 Å². The van der Waals surface area contributed by atoms with Crippen LogP contribution in [0.4, 0.5) is 4.39 Å². The van der Waals surface area contributed by atoms with E-state index in [1.807, 2.05) is 6.92 Å². The van der Waals surface area contributed by atoms with Crippen molar-refractivity contribution in [1.29, 1.82) is 0 Å². The van der Waals surface area contributed by atoms with Crippen LogP contribution < -0.4 is 0 Å². The minimum Gasteiger partial charge on any atom is -0.272 e. The zero-order chi connectivity index (χ0) is 10.1. The van der Waals surface area contributed by atoms with Gasteiger partial charge in [0.05, 0.1) is 0 Å². The lowest BCUT2D eigenvalue weighted by Gasteiger charge is -2.02. The molecule has 1 aromatic heterocycles. The molecule has 72 valence electrons. The SMILES string of the molecule is Cc1n[nH]c(=S)n1-c1ccc(F)cc1. The first-order chi connectivity index (χ1) is 6.68. The van der Waals surface area contributed by atoms with Gasteiger partial charge in [-0.2, -0.15) is 5.10 Å². The van der Waals surface area contributed by atoms with E-state index >= 15 is 0 Å². The van der Waals surface area contributed by atoms with Gasteiger partial charge in [0, 0.05) is 5.69 Å². The number of benzene rings is 1. The first-order valence-electron chi connectivity index (χ1n) is 4.08. The van der Waals surface area contributed by atoms with Gasteiger partial charge in [-0.15, -0.1) is 0 Å². The Balaban J connectivity index is 2.60. The summed E-state index contributed by atoms with van der Waals surface area (Å²) in [5.41, 5.74) is 0.808. The van der Waals surface area contributed by atoms with Crippen LogP contribution in [-0.4, -0.2) is 14.8 Å². The van der Waals surface area contributed by atoms with Crippen molar-refractivity contribution < 1.29 is 4.39 Å². The molecule has 0 atom stereocenters. The highest BCUT2D eigenvalue weighted by molar-refractivity contribution is 7.71. The second-order valence-corrected chi connectivity index (χ2v) is 3.27. The van der Waals surface area contributed by atoms with Crippen LogP contribution in [0, 0.1) is 17.5 Å². The second-order valence-electron chi connectivity index (χ2n) is 2.89. The van der Waals surface area contributed by atoms with E-state index in [1.54, 1.807) is 16.7 Å². The third-order valence-corrected chi connectivity index (χ3v) is 2.20. The number of nitrogens with zero attached hydrogens (tertiary/aromatic N) is 2. The summed E-state index contributed by atoms with van der Waals surface area (Å²) in [5, 5.41) is 6.64. The molecule has 2 rings (SSSR count). The molecule has 1 heterocycles. The summed E-state index contributed by atoms with van der Waals surface area (Å²) in [7, 11) is 0. The Kier molecular flexibility index (Phi) is 2.17. The second kappa shape index (κ2) is 3.34. The summed E-state index contributed by atoms with van der Waals surface area (Å²) >= 11 is 5.04. The molecule has 0 spiro atoms. The standard InChI is InChI=1S/C9H8FN3S/c1-6-11-12-9(14)13(6)8-4-2-7(10)3-5-8/h2-5H,1H3,(H,12,14). The number of aromatic nitrogens is 3. The Bertz CT molecular complexity index is 498. The maximum Gasteiger partial charge on any atom is 0.199 e. The number of hydrogen-bond donors (Lipinski definition) is 1. The summed E-state index contributed by atoms with van der Waals surface area (Å²) < 4.78 is 14.9. The molecule has 0 fully saturated rings. The summed E-state index contributed by atoms with van der Waals surface area (Å²) in [4.78, 5) is 0. The number of aromatic amines is 1. The highest BCUT2D eigenvalue weighted by atomic mass is 32.1. The van der Waals surface area contributed by atoms with Gasteiger partial charge in [-0.3, -0.25) is 9.67 Å². The third-order valence-electron chi connectivity index (χ3n) is 1.92. The predicted molar refractivity (Wildman–Crippen MR) is 53.4 cm³/mol. The molecule has 3 nitrogen and oxygen atoms in total. The fourth-order valence-electron chi connectivity index (χ4n) is 1.27. The minimum atomic E-state index is -0.263. The predicted octanol–water partition coefficient (Wildman–Crippen LogP) is 2.38. The molecule has 0 radical (unpaired) electrons. The number of rotatable bonds is 1. The van der Waals surface area contributed by atoms with Crippen molar-refractivity contribution in [2.24, 2.45) is 0 Å². The lowest BCUT2D eigenvalue weighted by Crippen LogP contribution is -1.96. The van der Waals surface area contributed by atoms with Crippen LogP contribution in [0.25, 0.3) is 5.69 Å². The number of H-pyrrole nitrogens is 1. The lowest BCUT2D eigenvalue weighted by molar-refractivity contribution is 0.627. The van der Waals surface area contributed by atoms with E-state index in [9.17, 15) is 4.39 Å². The van der Waals surface area contributed by atoms with Crippen LogP contribution in [0.15, 0.2) is 24.3 Å². The molecule has 0 unspecified atom stereocenters. The van der Waals surface area contributed by atoms with Crippen molar-refractivity contribution in [3.63, 3.8) is 0 Å². The van der Waals surface area contributed by atoms with Crippen LogP contribution in [0.1, 0.15) is 5.82 Å². The topological polar surface area (TPSA) is 33.6 Å². The molecular weight excluding hydrogens is 201 g/mol. The van der Waals surface area contributed by atoms with Crippen molar-refractivity contribution in [1.82, 2.24) is 14.8 Å². The van der Waals surface area contributed by atoms with Gasteiger partial charge in [0.15, 0.2) is 4.77 Å². The lowest BCUT2D eigenvalue weighted by atomic mass is 10.3. The van der Waals surface area contributed by atoms with Crippen molar-refractivity contribution in [2.45, 2.75) is 6.92 Å². The fourth-order valence-corrected chi connectivity index (χ4v) is 1.55. The molecule has 0 saturated carbocycles. The van der Waals surface area contributed by atoms with Crippen molar-refractivity contribution in [2.75, 3.05) is 0 Å². The van der Waals surface area contributed by atoms with Gasteiger partial charge >= 0.3 is 0 Å². The third kappa shape index (κ3) is 1.46. The average Bonchev–Trinajstić information content (AvgIpc) is 2.49. The van der Waals surface area contributed by atoms with Gasteiger partial charge < -0.3 is 0 Å². The molecule has 0 saturated heterocycles. The van der Waals surface area contributed by atoms with Crippen LogP contribution in [0.3, 0.4) is 0 Å². The molecule has 0 aliphatic rings. The molecule has 0 bridgehead atoms. The first kappa shape index (κ1) is 9.08. The van der Waals surface area contributed by atoms with Crippen LogP contribution in [-0.2, 0) is 0 Å². The molecular formula is C9H8FN3S. The van der Waals surface area contributed by atoms with Crippen molar-refractivity contribution in [3.8, 4) is 5.69 Å². The normalized spacial score (nSPS) is 10.4. The Labute approximate surface area is 85.2 Å². The van der Waals surface area contributed by atoms with Gasteiger partial charge in [0.2, 0.25) is 0 Å².